The number of esters is 1. The average Bonchev–Trinajstić information content (AvgIpc) is 3.26. The number of fused-ring (bicyclic) bond motifs is 1. The molecule has 0 amide bonds. The summed E-state index contributed by atoms with van der Waals surface area (Å²) in [4.78, 5) is 13.6. The monoisotopic (exact) mass is 936 g/mol. The van der Waals surface area contributed by atoms with Crippen molar-refractivity contribution in [2.24, 2.45) is 29.6 Å². The van der Waals surface area contributed by atoms with Gasteiger partial charge in [0, 0.05) is 18.4 Å². The number of hydrogen-bond donors (Lipinski definition) is 0. The number of methoxy groups -OCH3 is 1. The number of carbonyl (C=O) groups excluding carboxylic acids is 1. The summed E-state index contributed by atoms with van der Waals surface area (Å²) in [6.45, 7) is 25.7. The molecule has 6 atom stereocenters. The number of allylic oxidation sites excluding steroid dienone is 1. The van der Waals surface area contributed by atoms with Crippen LogP contribution >= 0.6 is 7.82 Å². The Bertz CT molecular complexity index is 2150. The largest absolute Gasteiger partial charge is 0.646 e. The molecule has 0 aliphatic heterocycles. The molecule has 0 aromatic heterocycles. The second-order valence-electron chi connectivity index (χ2n) is 20.1. The highest BCUT2D eigenvalue weighted by atomic mass is 31.2. The Morgan fingerprint density at radius 2 is 1.20 bits per heavy atom. The Kier molecular flexibility index (Phi) is 16.4. The maximum absolute atomic E-state index is 15.3. The molecule has 0 bridgehead atoms. The zero-order valence-electron chi connectivity index (χ0n) is 40.7. The van der Waals surface area contributed by atoms with E-state index < -0.39 is 36.3 Å². The molecule has 0 radical (unpaired) electrons. The van der Waals surface area contributed by atoms with Crippen LogP contribution in [-0.2, 0) is 27.5 Å². The van der Waals surface area contributed by atoms with Gasteiger partial charge in [0.25, 0.3) is 8.32 Å². The third kappa shape index (κ3) is 10.8. The van der Waals surface area contributed by atoms with E-state index in [-0.39, 0.29) is 40.6 Å². The van der Waals surface area contributed by atoms with Crippen molar-refractivity contribution in [3.63, 3.8) is 0 Å². The lowest BCUT2D eigenvalue weighted by atomic mass is 9.58. The number of rotatable bonds is 18. The molecule has 1 fully saturated rings. The Balaban J connectivity index is 1.56. The van der Waals surface area contributed by atoms with Crippen molar-refractivity contribution >= 4 is 40.8 Å². The Labute approximate surface area is 392 Å². The normalized spacial score (nSPS) is 22.0. The maximum atomic E-state index is 15.3. The van der Waals surface area contributed by atoms with Gasteiger partial charge in [0.05, 0.1) is 19.3 Å². The zero-order chi connectivity index (χ0) is 47.2. The predicted octanol–water partition coefficient (Wildman–Crippen LogP) is 13.3. The minimum absolute atomic E-state index is 0.00999. The van der Waals surface area contributed by atoms with Crippen molar-refractivity contribution in [2.45, 2.75) is 117 Å². The van der Waals surface area contributed by atoms with Crippen LogP contribution in [0.3, 0.4) is 0 Å². The van der Waals surface area contributed by atoms with Crippen LogP contribution in [-0.4, -0.2) is 42.4 Å². The van der Waals surface area contributed by atoms with Crippen LogP contribution in [0.5, 0.6) is 11.5 Å². The molecule has 4 aromatic carbocycles. The smallest absolute Gasteiger partial charge is 0.466 e. The van der Waals surface area contributed by atoms with E-state index in [0.717, 1.165) is 18.4 Å². The number of phosphoric acid groups is 1. The van der Waals surface area contributed by atoms with Crippen molar-refractivity contribution in [1.82, 2.24) is 0 Å². The predicted molar refractivity (Wildman–Crippen MR) is 269 cm³/mol. The van der Waals surface area contributed by atoms with Crippen molar-refractivity contribution in [2.75, 3.05) is 13.7 Å². The number of phosphoric ester groups is 1. The number of para-hydroxylation sites is 2. The van der Waals surface area contributed by atoms with Gasteiger partial charge in [0.1, 0.15) is 17.3 Å². The number of benzene rings is 4. The van der Waals surface area contributed by atoms with Gasteiger partial charge < -0.3 is 27.2 Å². The SMILES string of the molecule is COC(=O)/C=C(/OP(=O)(Oc1ccccc1)Oc1ccccc1)[C@@H]1C(C)=C[C@@H]2[C@H]([C@@H]1CO[Si](c1ccccc1)(c1ccccc1)C(C)(C)C)[C@@H](C)CC[C@@H]2O[Si](C(C)C)(C(C)C)C(C)C. The van der Waals surface area contributed by atoms with Gasteiger partial charge in [-0.15, -0.1) is 0 Å². The fraction of sp³-hybridized carbons (Fsp3) is 0.463. The van der Waals surface area contributed by atoms with E-state index in [1.165, 1.54) is 23.6 Å². The number of hydrogen-bond acceptors (Lipinski definition) is 8. The highest BCUT2D eigenvalue weighted by Gasteiger charge is 2.56. The molecule has 4 aromatic rings. The van der Waals surface area contributed by atoms with Gasteiger partial charge in [-0.2, -0.15) is 4.57 Å². The van der Waals surface area contributed by atoms with Crippen molar-refractivity contribution in [1.29, 1.82) is 0 Å². The van der Waals surface area contributed by atoms with Gasteiger partial charge in [-0.3, -0.25) is 0 Å². The van der Waals surface area contributed by atoms with Crippen LogP contribution in [0.1, 0.15) is 89.0 Å². The van der Waals surface area contributed by atoms with Crippen LogP contribution in [0.4, 0.5) is 0 Å². The van der Waals surface area contributed by atoms with Gasteiger partial charge in [-0.25, -0.2) is 4.79 Å². The van der Waals surface area contributed by atoms with Crippen LogP contribution in [0.25, 0.3) is 0 Å². The van der Waals surface area contributed by atoms with Gasteiger partial charge in [0.15, 0.2) is 0 Å². The summed E-state index contributed by atoms with van der Waals surface area (Å²) in [5.41, 5.74) is 2.23. The maximum Gasteiger partial charge on any atom is 0.646 e. The lowest BCUT2D eigenvalue weighted by Gasteiger charge is -2.54. The lowest BCUT2D eigenvalue weighted by molar-refractivity contribution is -0.135. The summed E-state index contributed by atoms with van der Waals surface area (Å²) >= 11 is 0. The van der Waals surface area contributed by atoms with E-state index in [2.05, 4.69) is 143 Å². The van der Waals surface area contributed by atoms with Crippen LogP contribution in [0.15, 0.2) is 145 Å². The first-order valence-corrected chi connectivity index (χ1v) is 29.1. The molecule has 0 heterocycles. The summed E-state index contributed by atoms with van der Waals surface area (Å²) in [5.74, 6) is -0.427. The summed E-state index contributed by atoms with van der Waals surface area (Å²) in [6.07, 6.45) is 5.59. The van der Waals surface area contributed by atoms with Crippen molar-refractivity contribution in [3.8, 4) is 11.5 Å². The molecule has 6 rings (SSSR count). The highest BCUT2D eigenvalue weighted by molar-refractivity contribution is 7.49. The first-order chi connectivity index (χ1) is 30.9. The van der Waals surface area contributed by atoms with E-state index in [0.29, 0.717) is 34.7 Å². The minimum Gasteiger partial charge on any atom is -0.466 e. The average molecular weight is 937 g/mol. The van der Waals surface area contributed by atoms with E-state index in [4.69, 9.17) is 27.2 Å². The quantitative estimate of drug-likeness (QED) is 0.0243. The van der Waals surface area contributed by atoms with Gasteiger partial charge in [-0.1, -0.05) is 178 Å². The molecular formula is C54H73O8PSi2. The second kappa shape index (κ2) is 21.2. The summed E-state index contributed by atoms with van der Waals surface area (Å²) in [6, 6.07) is 39.0. The number of carbonyl (C=O) groups is 1. The molecule has 0 saturated heterocycles. The van der Waals surface area contributed by atoms with Crippen LogP contribution in [0, 0.1) is 29.6 Å². The summed E-state index contributed by atoms with van der Waals surface area (Å²) < 4.78 is 55.4. The Morgan fingerprint density at radius 3 is 1.63 bits per heavy atom. The molecule has 350 valence electrons. The Hall–Kier alpha value is -4.19. The van der Waals surface area contributed by atoms with Crippen molar-refractivity contribution < 1.29 is 36.5 Å². The third-order valence-corrected chi connectivity index (χ3v) is 26.6. The molecule has 0 spiro atoms. The molecule has 8 nitrogen and oxygen atoms in total. The first kappa shape index (κ1) is 50.2. The number of ether oxygens (including phenoxy) is 1. The highest BCUT2D eigenvalue weighted by Crippen LogP contribution is 2.58. The van der Waals surface area contributed by atoms with E-state index in [1.54, 1.807) is 48.5 Å². The molecule has 0 N–H and O–H groups in total. The first-order valence-electron chi connectivity index (χ1n) is 23.6. The molecule has 1 saturated carbocycles. The van der Waals surface area contributed by atoms with E-state index >= 15 is 4.57 Å². The molecule has 2 aliphatic rings. The minimum atomic E-state index is -4.56. The van der Waals surface area contributed by atoms with E-state index in [1.807, 2.05) is 12.1 Å². The standard InChI is InChI=1S/C54H73O8PSi2/c1-38(2)64(39(3)4,40(5)6)62-49-34-33-41(7)52-47(49)35-42(8)53(48(52)37-58-65(54(9,10)11,45-29-21-15-22-30-45)46-31-23-16-24-32-46)50(36-51(55)57-12)61-63(56,59-43-25-17-13-18-26-43)60-44-27-19-14-20-28-44/h13-32,35-36,38-41,47-49,52-53H,33-34,37H2,1-12H3/b50-36+/t41-,47-,48-,49-,52+,53+/m0/s1. The second-order valence-corrected chi connectivity index (χ2v) is 31.3. The lowest BCUT2D eigenvalue weighted by Crippen LogP contribution is -2.67. The molecule has 0 unspecified atom stereocenters. The van der Waals surface area contributed by atoms with Gasteiger partial charge >= 0.3 is 13.8 Å². The van der Waals surface area contributed by atoms with Gasteiger partial charge in [0.2, 0.25) is 8.32 Å². The van der Waals surface area contributed by atoms with E-state index in [9.17, 15) is 4.79 Å². The van der Waals surface area contributed by atoms with Crippen LogP contribution in [0.2, 0.25) is 21.7 Å². The van der Waals surface area contributed by atoms with Crippen LogP contribution < -0.4 is 19.4 Å². The fourth-order valence-corrected chi connectivity index (χ4v) is 23.0. The van der Waals surface area contributed by atoms with Crippen molar-refractivity contribution in [3.05, 3.63) is 145 Å². The topological polar surface area (TPSA) is 89.5 Å². The Morgan fingerprint density at radius 1 is 0.738 bits per heavy atom. The molecule has 2 aliphatic carbocycles. The molecule has 65 heavy (non-hydrogen) atoms. The summed E-state index contributed by atoms with van der Waals surface area (Å²) in [7, 11) is -8.62. The third-order valence-electron chi connectivity index (χ3n) is 14.2. The zero-order valence-corrected chi connectivity index (χ0v) is 43.6. The molecule has 11 heteroatoms. The fourth-order valence-electron chi connectivity index (χ4n) is 11.5. The molecular weight excluding hydrogens is 864 g/mol. The summed E-state index contributed by atoms with van der Waals surface area (Å²) in [5, 5.41) is 2.05. The van der Waals surface area contributed by atoms with Gasteiger partial charge in [-0.05, 0) is 93.8 Å².